The quantitative estimate of drug-likeness (QED) is 0.681. The van der Waals surface area contributed by atoms with Crippen molar-refractivity contribution >= 4 is 17.0 Å². The number of anilines is 1. The van der Waals surface area contributed by atoms with E-state index in [2.05, 4.69) is 20.3 Å². The minimum Gasteiger partial charge on any atom is -0.594 e. The molecule has 6 nitrogen and oxygen atoms in total. The zero-order chi connectivity index (χ0) is 14.7. The lowest BCUT2D eigenvalue weighted by molar-refractivity contribution is -0.641. The Kier molecular flexibility index (Phi) is 4.15. The molecule has 1 saturated heterocycles. The molecule has 0 bridgehead atoms. The highest BCUT2D eigenvalue weighted by atomic mass is 16.5. The van der Waals surface area contributed by atoms with Gasteiger partial charge < -0.3 is 15.4 Å². The largest absolute Gasteiger partial charge is 0.594 e. The molecule has 0 atom stereocenters. The topological polar surface area (TPSA) is 68.0 Å². The SMILES string of the molecule is Cc1cccc2nc(NCCN3CCCCC3)n[n+]([O-])c12. The lowest BCUT2D eigenvalue weighted by Crippen LogP contribution is -2.36. The first-order valence-electron chi connectivity index (χ1n) is 7.57. The van der Waals surface area contributed by atoms with Gasteiger partial charge in [0.2, 0.25) is 0 Å². The zero-order valence-electron chi connectivity index (χ0n) is 12.4. The number of nitrogens with one attached hydrogen (secondary N) is 1. The van der Waals surface area contributed by atoms with Crippen molar-refractivity contribution in [2.75, 3.05) is 31.5 Å². The van der Waals surface area contributed by atoms with Crippen molar-refractivity contribution in [3.05, 3.63) is 29.0 Å². The maximum Gasteiger partial charge on any atom is 0.290 e. The number of fused-ring (bicyclic) bond motifs is 1. The Balaban J connectivity index is 1.67. The minimum atomic E-state index is 0.403. The molecule has 0 saturated carbocycles. The first kappa shape index (κ1) is 14.0. The molecule has 1 fully saturated rings. The summed E-state index contributed by atoms with van der Waals surface area (Å²) in [4.78, 5) is 7.52. The second-order valence-corrected chi connectivity index (χ2v) is 5.58. The number of hydrogen-bond donors (Lipinski definition) is 1. The van der Waals surface area contributed by atoms with Crippen molar-refractivity contribution < 1.29 is 4.85 Å². The number of likely N-dealkylation sites (tertiary alicyclic amines) is 1. The van der Waals surface area contributed by atoms with E-state index in [0.29, 0.717) is 21.8 Å². The highest BCUT2D eigenvalue weighted by molar-refractivity contribution is 5.74. The van der Waals surface area contributed by atoms with Gasteiger partial charge in [0.05, 0.1) is 5.10 Å². The normalized spacial score (nSPS) is 16.2. The number of benzene rings is 1. The number of piperidine rings is 1. The van der Waals surface area contributed by atoms with Crippen molar-refractivity contribution in [1.82, 2.24) is 15.0 Å². The van der Waals surface area contributed by atoms with Gasteiger partial charge in [0.25, 0.3) is 11.5 Å². The van der Waals surface area contributed by atoms with Crippen molar-refractivity contribution in [1.29, 1.82) is 0 Å². The van der Waals surface area contributed by atoms with Gasteiger partial charge in [-0.2, -0.15) is 0 Å². The lowest BCUT2D eigenvalue weighted by atomic mass is 10.1. The van der Waals surface area contributed by atoms with Crippen LogP contribution in [0.3, 0.4) is 0 Å². The second-order valence-electron chi connectivity index (χ2n) is 5.58. The summed E-state index contributed by atoms with van der Waals surface area (Å²) < 4.78 is 0. The van der Waals surface area contributed by atoms with Crippen LogP contribution in [0.15, 0.2) is 18.2 Å². The molecule has 0 unspecified atom stereocenters. The van der Waals surface area contributed by atoms with Gasteiger partial charge >= 0.3 is 0 Å². The minimum absolute atomic E-state index is 0.403. The third-order valence-electron chi connectivity index (χ3n) is 3.98. The fourth-order valence-electron chi connectivity index (χ4n) is 2.84. The smallest absolute Gasteiger partial charge is 0.290 e. The van der Waals surface area contributed by atoms with Crippen LogP contribution < -0.4 is 10.2 Å². The molecule has 2 heterocycles. The monoisotopic (exact) mass is 287 g/mol. The Labute approximate surface area is 124 Å². The Morgan fingerprint density at radius 3 is 2.90 bits per heavy atom. The van der Waals surface area contributed by atoms with Crippen LogP contribution in [0.25, 0.3) is 11.0 Å². The van der Waals surface area contributed by atoms with Gasteiger partial charge in [0.15, 0.2) is 0 Å². The van der Waals surface area contributed by atoms with E-state index >= 15 is 0 Å². The molecule has 1 aromatic heterocycles. The summed E-state index contributed by atoms with van der Waals surface area (Å²) in [7, 11) is 0. The van der Waals surface area contributed by atoms with Gasteiger partial charge in [-0.05, 0) is 43.8 Å². The van der Waals surface area contributed by atoms with Crippen LogP contribution in [0.5, 0.6) is 0 Å². The number of aromatic nitrogens is 3. The van der Waals surface area contributed by atoms with Gasteiger partial charge in [-0.15, -0.1) is 0 Å². The van der Waals surface area contributed by atoms with E-state index in [1.54, 1.807) is 0 Å². The standard InChI is InChI=1S/C15H21N5O/c1-12-6-5-7-13-14(12)20(21)18-15(17-13)16-8-11-19-9-3-2-4-10-19/h5-7H,2-4,8-11H2,1H3,(H,16,17,18). The van der Waals surface area contributed by atoms with E-state index in [9.17, 15) is 5.21 Å². The molecule has 1 aliphatic heterocycles. The summed E-state index contributed by atoms with van der Waals surface area (Å²) in [5.74, 6) is 0.403. The van der Waals surface area contributed by atoms with Crippen LogP contribution in [-0.2, 0) is 0 Å². The van der Waals surface area contributed by atoms with E-state index in [4.69, 9.17) is 0 Å². The molecular weight excluding hydrogens is 266 g/mol. The van der Waals surface area contributed by atoms with Gasteiger partial charge in [0.1, 0.15) is 5.52 Å². The zero-order valence-corrected chi connectivity index (χ0v) is 12.4. The number of rotatable bonds is 4. The predicted molar refractivity (Wildman–Crippen MR) is 82.0 cm³/mol. The number of aryl methyl sites for hydroxylation is 1. The van der Waals surface area contributed by atoms with Crippen LogP contribution in [-0.4, -0.2) is 41.2 Å². The van der Waals surface area contributed by atoms with Crippen molar-refractivity contribution in [2.24, 2.45) is 0 Å². The van der Waals surface area contributed by atoms with Gasteiger partial charge in [-0.25, -0.2) is 4.98 Å². The van der Waals surface area contributed by atoms with Crippen LogP contribution in [0, 0.1) is 12.1 Å². The molecule has 2 aromatic rings. The summed E-state index contributed by atoms with van der Waals surface area (Å²) in [6.45, 7) is 5.96. The van der Waals surface area contributed by atoms with Gasteiger partial charge in [-0.3, -0.25) is 0 Å². The highest BCUT2D eigenvalue weighted by Crippen LogP contribution is 2.13. The van der Waals surface area contributed by atoms with Crippen LogP contribution in [0.2, 0.25) is 0 Å². The predicted octanol–water partition coefficient (Wildman–Crippen LogP) is 1.47. The molecule has 1 aromatic carbocycles. The van der Waals surface area contributed by atoms with Crippen molar-refractivity contribution in [2.45, 2.75) is 26.2 Å². The van der Waals surface area contributed by atoms with Crippen molar-refractivity contribution in [3.63, 3.8) is 0 Å². The number of hydrogen-bond acceptors (Lipinski definition) is 5. The number of nitrogens with zero attached hydrogens (tertiary/aromatic N) is 4. The maximum atomic E-state index is 12.0. The Morgan fingerprint density at radius 1 is 1.29 bits per heavy atom. The number of para-hydroxylation sites is 1. The highest BCUT2D eigenvalue weighted by Gasteiger charge is 2.13. The molecule has 21 heavy (non-hydrogen) atoms. The summed E-state index contributed by atoms with van der Waals surface area (Å²) in [6, 6.07) is 5.64. The van der Waals surface area contributed by atoms with E-state index in [1.165, 1.54) is 32.4 Å². The fourth-order valence-corrected chi connectivity index (χ4v) is 2.84. The molecule has 112 valence electrons. The second kappa shape index (κ2) is 6.22. The van der Waals surface area contributed by atoms with E-state index in [-0.39, 0.29) is 0 Å². The third kappa shape index (κ3) is 3.21. The van der Waals surface area contributed by atoms with Crippen LogP contribution in [0.1, 0.15) is 24.8 Å². The van der Waals surface area contributed by atoms with Crippen molar-refractivity contribution in [3.8, 4) is 0 Å². The molecule has 0 amide bonds. The first-order valence-corrected chi connectivity index (χ1v) is 7.57. The fraction of sp³-hybridized carbons (Fsp3) is 0.533. The Hall–Kier alpha value is -1.95. The molecule has 0 radical (unpaired) electrons. The Bertz CT molecular complexity index is 625. The van der Waals surface area contributed by atoms with Gasteiger partial charge in [-0.1, -0.05) is 18.6 Å². The summed E-state index contributed by atoms with van der Waals surface area (Å²) in [6.07, 6.45) is 3.91. The molecule has 1 aliphatic rings. The average molecular weight is 287 g/mol. The maximum absolute atomic E-state index is 12.0. The van der Waals surface area contributed by atoms with Crippen LogP contribution >= 0.6 is 0 Å². The molecule has 6 heteroatoms. The molecule has 1 N–H and O–H groups in total. The molecule has 0 spiro atoms. The van der Waals surface area contributed by atoms with E-state index < -0.39 is 0 Å². The van der Waals surface area contributed by atoms with E-state index in [0.717, 1.165) is 18.7 Å². The summed E-state index contributed by atoms with van der Waals surface area (Å²) in [5, 5.41) is 19.1. The summed E-state index contributed by atoms with van der Waals surface area (Å²) in [5.41, 5.74) is 2.11. The average Bonchev–Trinajstić information content (AvgIpc) is 2.48. The Morgan fingerprint density at radius 2 is 2.10 bits per heavy atom. The molecule has 0 aliphatic carbocycles. The lowest BCUT2D eigenvalue weighted by Gasteiger charge is -2.26. The van der Waals surface area contributed by atoms with Crippen LogP contribution in [0.4, 0.5) is 5.95 Å². The third-order valence-corrected chi connectivity index (χ3v) is 3.98. The van der Waals surface area contributed by atoms with Gasteiger partial charge in [0, 0.05) is 18.7 Å². The summed E-state index contributed by atoms with van der Waals surface area (Å²) >= 11 is 0. The molecular formula is C15H21N5O. The molecule has 3 rings (SSSR count). The first-order chi connectivity index (χ1) is 10.2. The van der Waals surface area contributed by atoms with E-state index in [1.807, 2.05) is 25.1 Å².